The van der Waals surface area contributed by atoms with E-state index in [-0.39, 0.29) is 5.69 Å². The highest BCUT2D eigenvalue weighted by atomic mass is 16.6. The van der Waals surface area contributed by atoms with Crippen LogP contribution in [0.15, 0.2) is 18.2 Å². The molecule has 1 aromatic rings. The van der Waals surface area contributed by atoms with Gasteiger partial charge in [0.25, 0.3) is 0 Å². The molecule has 0 aliphatic carbocycles. The van der Waals surface area contributed by atoms with Gasteiger partial charge in [-0.15, -0.1) is 0 Å². The monoisotopic (exact) mass is 252 g/mol. The molecule has 1 aromatic carbocycles. The zero-order valence-corrected chi connectivity index (χ0v) is 11.1. The average molecular weight is 252 g/mol. The summed E-state index contributed by atoms with van der Waals surface area (Å²) in [6, 6.07) is 5.09. The Hall–Kier alpha value is -1.78. The van der Waals surface area contributed by atoms with Gasteiger partial charge in [0.15, 0.2) is 5.75 Å². The van der Waals surface area contributed by atoms with E-state index in [4.69, 9.17) is 4.74 Å². The minimum absolute atomic E-state index is 0.0168. The van der Waals surface area contributed by atoms with Crippen molar-refractivity contribution in [1.29, 1.82) is 0 Å². The topological polar surface area (TPSA) is 64.4 Å². The first-order valence-electron chi connectivity index (χ1n) is 6.20. The Morgan fingerprint density at radius 1 is 1.44 bits per heavy atom. The second-order valence-corrected chi connectivity index (χ2v) is 4.47. The van der Waals surface area contributed by atoms with Gasteiger partial charge in [-0.05, 0) is 31.4 Å². The van der Waals surface area contributed by atoms with Crippen molar-refractivity contribution in [2.24, 2.45) is 5.92 Å². The van der Waals surface area contributed by atoms with Crippen molar-refractivity contribution >= 4 is 11.4 Å². The molecule has 0 heterocycles. The molecule has 5 nitrogen and oxygen atoms in total. The lowest BCUT2D eigenvalue weighted by Crippen LogP contribution is -2.06. The van der Waals surface area contributed by atoms with Gasteiger partial charge in [0.2, 0.25) is 0 Å². The third-order valence-corrected chi connectivity index (χ3v) is 2.50. The third-order valence-electron chi connectivity index (χ3n) is 2.50. The van der Waals surface area contributed by atoms with E-state index in [1.165, 1.54) is 0 Å². The van der Waals surface area contributed by atoms with Crippen LogP contribution >= 0.6 is 0 Å². The molecule has 0 unspecified atom stereocenters. The van der Waals surface area contributed by atoms with Gasteiger partial charge in [-0.2, -0.15) is 0 Å². The molecule has 0 radical (unpaired) electrons. The number of nitrogens with zero attached hydrogens (tertiary/aromatic N) is 1. The minimum Gasteiger partial charge on any atom is -0.487 e. The second kappa shape index (κ2) is 6.83. The lowest BCUT2D eigenvalue weighted by molar-refractivity contribution is -0.385. The molecule has 0 saturated carbocycles. The number of rotatable bonds is 7. The Bertz CT molecular complexity index is 405. The quantitative estimate of drug-likeness (QED) is 0.596. The van der Waals surface area contributed by atoms with Crippen molar-refractivity contribution in [2.75, 3.05) is 18.5 Å². The van der Waals surface area contributed by atoms with Crippen LogP contribution in [0.5, 0.6) is 5.75 Å². The van der Waals surface area contributed by atoms with Crippen molar-refractivity contribution in [2.45, 2.75) is 27.2 Å². The summed E-state index contributed by atoms with van der Waals surface area (Å²) in [7, 11) is 0. The highest BCUT2D eigenvalue weighted by Crippen LogP contribution is 2.34. The summed E-state index contributed by atoms with van der Waals surface area (Å²) < 4.78 is 5.51. The molecule has 0 aromatic heterocycles. The van der Waals surface area contributed by atoms with Crippen LogP contribution in [0.3, 0.4) is 0 Å². The van der Waals surface area contributed by atoms with E-state index < -0.39 is 4.92 Å². The first-order chi connectivity index (χ1) is 8.56. The van der Waals surface area contributed by atoms with Crippen LogP contribution in [0.4, 0.5) is 11.4 Å². The van der Waals surface area contributed by atoms with Crippen LogP contribution in [0, 0.1) is 16.0 Å². The lowest BCUT2D eigenvalue weighted by Gasteiger charge is -2.11. The van der Waals surface area contributed by atoms with Gasteiger partial charge < -0.3 is 10.1 Å². The summed E-state index contributed by atoms with van der Waals surface area (Å²) in [4.78, 5) is 10.7. The SMILES string of the molecule is CCNc1cccc(OCCC(C)C)c1[N+](=O)[O-]. The van der Waals surface area contributed by atoms with Gasteiger partial charge >= 0.3 is 5.69 Å². The van der Waals surface area contributed by atoms with Crippen molar-refractivity contribution in [3.8, 4) is 5.75 Å². The summed E-state index contributed by atoms with van der Waals surface area (Å²) >= 11 is 0. The highest BCUT2D eigenvalue weighted by molar-refractivity contribution is 5.68. The number of hydrogen-bond acceptors (Lipinski definition) is 4. The van der Waals surface area contributed by atoms with Crippen LogP contribution in [-0.2, 0) is 0 Å². The van der Waals surface area contributed by atoms with Crippen LogP contribution in [0.2, 0.25) is 0 Å². The molecule has 5 heteroatoms. The molecule has 0 bridgehead atoms. The molecule has 0 saturated heterocycles. The first-order valence-corrected chi connectivity index (χ1v) is 6.20. The molecule has 0 aliphatic heterocycles. The fourth-order valence-corrected chi connectivity index (χ4v) is 1.56. The second-order valence-electron chi connectivity index (χ2n) is 4.47. The molecule has 1 rings (SSSR count). The predicted molar refractivity (Wildman–Crippen MR) is 72.2 cm³/mol. The van der Waals surface area contributed by atoms with Gasteiger partial charge in [0.1, 0.15) is 5.69 Å². The maximum atomic E-state index is 11.1. The Labute approximate surface area is 107 Å². The number of anilines is 1. The van der Waals surface area contributed by atoms with Crippen LogP contribution in [-0.4, -0.2) is 18.1 Å². The normalized spacial score (nSPS) is 10.4. The van der Waals surface area contributed by atoms with Gasteiger partial charge in [0.05, 0.1) is 11.5 Å². The standard InChI is InChI=1S/C13H20N2O3/c1-4-14-11-6-5-7-12(13(11)15(16)17)18-9-8-10(2)3/h5-7,10,14H,4,8-9H2,1-3H3. The van der Waals surface area contributed by atoms with Gasteiger partial charge in [0, 0.05) is 6.54 Å². The molecule has 0 aliphatic rings. The number of nitro benzene ring substituents is 1. The molecule has 0 spiro atoms. The number of para-hydroxylation sites is 1. The van der Waals surface area contributed by atoms with Crippen molar-refractivity contribution in [3.63, 3.8) is 0 Å². The number of ether oxygens (including phenoxy) is 1. The zero-order chi connectivity index (χ0) is 13.5. The molecule has 100 valence electrons. The predicted octanol–water partition coefficient (Wildman–Crippen LogP) is 3.45. The van der Waals surface area contributed by atoms with Crippen LogP contribution < -0.4 is 10.1 Å². The molecule has 0 fully saturated rings. The Kier molecular flexibility index (Phi) is 5.42. The fraction of sp³-hybridized carbons (Fsp3) is 0.538. The first kappa shape index (κ1) is 14.3. The number of nitro groups is 1. The van der Waals surface area contributed by atoms with Gasteiger partial charge in [-0.3, -0.25) is 10.1 Å². The maximum Gasteiger partial charge on any atom is 0.333 e. The molecule has 1 N–H and O–H groups in total. The average Bonchev–Trinajstić information content (AvgIpc) is 2.28. The van der Waals surface area contributed by atoms with E-state index in [0.717, 1.165) is 6.42 Å². The number of nitrogens with one attached hydrogen (secondary N) is 1. The minimum atomic E-state index is -0.400. The van der Waals surface area contributed by atoms with Crippen molar-refractivity contribution < 1.29 is 9.66 Å². The Morgan fingerprint density at radius 3 is 2.72 bits per heavy atom. The number of hydrogen-bond donors (Lipinski definition) is 1. The summed E-state index contributed by atoms with van der Waals surface area (Å²) in [6.07, 6.45) is 0.878. The smallest absolute Gasteiger partial charge is 0.333 e. The molecular weight excluding hydrogens is 232 g/mol. The zero-order valence-electron chi connectivity index (χ0n) is 11.1. The van der Waals surface area contributed by atoms with E-state index in [1.807, 2.05) is 6.92 Å². The summed E-state index contributed by atoms with van der Waals surface area (Å²) in [5.41, 5.74) is 0.521. The highest BCUT2D eigenvalue weighted by Gasteiger charge is 2.20. The summed E-state index contributed by atoms with van der Waals surface area (Å²) in [6.45, 7) is 7.21. The number of benzene rings is 1. The van der Waals surface area contributed by atoms with Crippen molar-refractivity contribution in [3.05, 3.63) is 28.3 Å². The Morgan fingerprint density at radius 2 is 2.17 bits per heavy atom. The summed E-state index contributed by atoms with van der Waals surface area (Å²) in [5, 5.41) is 14.1. The van der Waals surface area contributed by atoms with Crippen LogP contribution in [0.25, 0.3) is 0 Å². The fourth-order valence-electron chi connectivity index (χ4n) is 1.56. The maximum absolute atomic E-state index is 11.1. The van der Waals surface area contributed by atoms with E-state index >= 15 is 0 Å². The molecule has 0 amide bonds. The lowest BCUT2D eigenvalue weighted by atomic mass is 10.1. The van der Waals surface area contributed by atoms with Crippen LogP contribution in [0.1, 0.15) is 27.2 Å². The van der Waals surface area contributed by atoms with Gasteiger partial charge in [-0.25, -0.2) is 0 Å². The Balaban J connectivity index is 2.88. The molecule has 18 heavy (non-hydrogen) atoms. The van der Waals surface area contributed by atoms with E-state index in [9.17, 15) is 10.1 Å². The summed E-state index contributed by atoms with van der Waals surface area (Å²) in [5.74, 6) is 0.847. The molecule has 0 atom stereocenters. The molecular formula is C13H20N2O3. The van der Waals surface area contributed by atoms with E-state index in [2.05, 4.69) is 19.2 Å². The third kappa shape index (κ3) is 3.91. The largest absolute Gasteiger partial charge is 0.487 e. The van der Waals surface area contributed by atoms with E-state index in [0.29, 0.717) is 30.5 Å². The van der Waals surface area contributed by atoms with E-state index in [1.54, 1.807) is 18.2 Å². The van der Waals surface area contributed by atoms with Crippen molar-refractivity contribution in [1.82, 2.24) is 0 Å². The van der Waals surface area contributed by atoms with Gasteiger partial charge in [-0.1, -0.05) is 19.9 Å².